The van der Waals surface area contributed by atoms with Crippen LogP contribution in [0, 0.1) is 130 Å². The van der Waals surface area contributed by atoms with Gasteiger partial charge >= 0.3 is 75.7 Å². The number of allylic oxidation sites excluding steroid dienone is 2. The summed E-state index contributed by atoms with van der Waals surface area (Å²) in [6, 6.07) is 0. The zero-order valence-corrected chi connectivity index (χ0v) is 49.4. The average Bonchev–Trinajstić information content (AvgIpc) is 3.80. The van der Waals surface area contributed by atoms with E-state index in [9.17, 15) is 0 Å². The molecule has 6 rings (SSSR count). The molecule has 0 radical (unpaired) electrons. The topological polar surface area (TPSA) is 0 Å². The molecular formula is C49H95BrCl4Zr2. The van der Waals surface area contributed by atoms with Gasteiger partial charge in [-0.1, -0.05) is 137 Å². The molecule has 0 saturated heterocycles. The van der Waals surface area contributed by atoms with Gasteiger partial charge in [0.15, 0.2) is 0 Å². The number of hydrogen-bond acceptors (Lipinski definition) is 0. The Morgan fingerprint density at radius 3 is 1.02 bits per heavy atom. The third-order valence-corrected chi connectivity index (χ3v) is 17.0. The van der Waals surface area contributed by atoms with Crippen molar-refractivity contribution >= 4 is 50.0 Å². The van der Waals surface area contributed by atoms with E-state index in [4.69, 9.17) is 34.1 Å². The molecule has 0 aromatic carbocycles. The fourth-order valence-corrected chi connectivity index (χ4v) is 12.4. The predicted octanol–water partition coefficient (Wildman–Crippen LogP) is 19.3. The predicted molar refractivity (Wildman–Crippen MR) is 261 cm³/mol. The Morgan fingerprint density at radius 2 is 0.732 bits per heavy atom. The molecule has 6 saturated carbocycles. The van der Waals surface area contributed by atoms with Gasteiger partial charge in [0.25, 0.3) is 0 Å². The van der Waals surface area contributed by atoms with Gasteiger partial charge in [0.1, 0.15) is 0 Å². The van der Waals surface area contributed by atoms with E-state index in [2.05, 4.69) is 131 Å². The number of rotatable bonds is 1. The second kappa shape index (κ2) is 37.3. The van der Waals surface area contributed by atoms with Crippen molar-refractivity contribution in [3.05, 3.63) is 55.0 Å². The summed E-state index contributed by atoms with van der Waals surface area (Å²) in [5, 5.41) is 0. The SMILES string of the molecule is C/C=C/C1CCCC2CC(C)CC12.C=C.CC1C(C)C(C)C(C)C1C.CC1C(C)C(C)C(C)C1C.CC1CC2CCCC(Br)C2C1.[CH3-].[CH3-].[CH3-].[CH3-].[Cl][Zr+2][Cl].[Cl][Zr+2][Cl]. The summed E-state index contributed by atoms with van der Waals surface area (Å²) in [5.41, 5.74) is 0. The van der Waals surface area contributed by atoms with Gasteiger partial charge in [0.05, 0.1) is 0 Å². The monoisotopic (exact) mass is 1080 g/mol. The fourth-order valence-electron chi connectivity index (χ4n) is 11.4. The molecular weight excluding hydrogens is 993 g/mol. The Bertz CT molecular complexity index is 803. The molecule has 0 bridgehead atoms. The van der Waals surface area contributed by atoms with Crippen LogP contribution in [-0.4, -0.2) is 4.83 Å². The standard InChI is InChI=1S/C13H22.C10H17Br.2C10H20.C2H4.4CH3.4ClH.2Zr/c1-3-5-11-6-4-7-12-8-10(2)9-13(11)12;1-7-5-8-3-2-4-10(11)9(8)6-7;2*1-6-7(2)9(4)10(5)8(6)3;1-2;;;;;;;;;;/h3,5,10-13H,4,6-9H2,1-2H3;7-10H,2-6H2,1H3;2*6-10H,1-5H3;1-2H2;4*1H3;4*1H;;/q;;;;;4*-1;;;;;2*+4/p-4/b5-3+;;;;;;;;;;;;;;. The Morgan fingerprint density at radius 1 is 0.464 bits per heavy atom. The normalized spacial score (nSPS) is 40.8. The van der Waals surface area contributed by atoms with Crippen LogP contribution < -0.4 is 0 Å². The van der Waals surface area contributed by atoms with Crippen LogP contribution in [0.3, 0.4) is 0 Å². The molecule has 6 aliphatic carbocycles. The molecule has 0 aromatic heterocycles. The molecule has 0 N–H and O–H groups in total. The first-order valence-corrected chi connectivity index (χ1v) is 34.8. The molecule has 0 heterocycles. The zero-order chi connectivity index (χ0) is 40.3. The van der Waals surface area contributed by atoms with Crippen LogP contribution in [0.5, 0.6) is 0 Å². The van der Waals surface area contributed by atoms with Crippen molar-refractivity contribution in [2.75, 3.05) is 0 Å². The molecule has 56 heavy (non-hydrogen) atoms. The number of halogens is 5. The van der Waals surface area contributed by atoms with E-state index in [0.29, 0.717) is 0 Å². The van der Waals surface area contributed by atoms with Gasteiger partial charge < -0.3 is 29.7 Å². The molecule has 0 nitrogen and oxygen atoms in total. The number of alkyl halides is 1. The van der Waals surface area contributed by atoms with Crippen molar-refractivity contribution in [3.8, 4) is 0 Å². The van der Waals surface area contributed by atoms with Crippen LogP contribution in [0.2, 0.25) is 0 Å². The van der Waals surface area contributed by atoms with E-state index in [1.165, 1.54) is 64.2 Å². The van der Waals surface area contributed by atoms with Crippen molar-refractivity contribution in [2.24, 2.45) is 101 Å². The van der Waals surface area contributed by atoms with Crippen molar-refractivity contribution in [1.82, 2.24) is 0 Å². The second-order valence-corrected chi connectivity index (χ2v) is 26.9. The van der Waals surface area contributed by atoms with Gasteiger partial charge in [-0.2, -0.15) is 0 Å². The first-order valence-electron chi connectivity index (χ1n) is 21.2. The van der Waals surface area contributed by atoms with Crippen LogP contribution in [-0.2, 0) is 41.7 Å². The third kappa shape index (κ3) is 22.0. The summed E-state index contributed by atoms with van der Waals surface area (Å²) in [6.45, 7) is 37.0. The maximum absolute atomic E-state index is 4.93. The molecule has 6 aliphatic rings. The number of hydrogen-bond donors (Lipinski definition) is 0. The van der Waals surface area contributed by atoms with Crippen LogP contribution in [0.1, 0.15) is 154 Å². The molecule has 6 fully saturated rings. The number of fused-ring (bicyclic) bond motifs is 2. The summed E-state index contributed by atoms with van der Waals surface area (Å²) in [5.74, 6) is 16.5. The van der Waals surface area contributed by atoms with E-state index < -0.39 is 41.7 Å². The summed E-state index contributed by atoms with van der Waals surface area (Å²) in [6.07, 6.45) is 19.6. The van der Waals surface area contributed by atoms with Gasteiger partial charge in [-0.25, -0.2) is 0 Å². The van der Waals surface area contributed by atoms with Crippen LogP contribution in [0.15, 0.2) is 25.3 Å². The molecule has 334 valence electrons. The van der Waals surface area contributed by atoms with Gasteiger partial charge in [-0.3, -0.25) is 0 Å². The summed E-state index contributed by atoms with van der Waals surface area (Å²) in [4.78, 5) is 0.853. The Balaban J connectivity index is -0.000000191. The first-order chi connectivity index (χ1) is 24.5. The molecule has 0 aromatic rings. The third-order valence-electron chi connectivity index (χ3n) is 15.9. The van der Waals surface area contributed by atoms with Crippen LogP contribution in [0.4, 0.5) is 0 Å². The van der Waals surface area contributed by atoms with Gasteiger partial charge in [-0.05, 0) is 146 Å². The van der Waals surface area contributed by atoms with Gasteiger partial charge in [0.2, 0.25) is 0 Å². The van der Waals surface area contributed by atoms with E-state index in [1.54, 1.807) is 0 Å². The summed E-state index contributed by atoms with van der Waals surface area (Å²) >= 11 is 2.17. The minimum absolute atomic E-state index is 0. The second-order valence-electron chi connectivity index (χ2n) is 18.3. The molecule has 0 spiro atoms. The molecule has 8 atom stereocenters. The quantitative estimate of drug-likeness (QED) is 0.139. The Labute approximate surface area is 402 Å². The van der Waals surface area contributed by atoms with E-state index in [-0.39, 0.29) is 29.7 Å². The van der Waals surface area contributed by atoms with Crippen molar-refractivity contribution in [1.29, 1.82) is 0 Å². The zero-order valence-electron chi connectivity index (χ0n) is 39.9. The van der Waals surface area contributed by atoms with E-state index in [0.717, 1.165) is 105 Å². The molecule has 0 aliphatic heterocycles. The summed E-state index contributed by atoms with van der Waals surface area (Å²) < 4.78 is 0. The maximum atomic E-state index is 4.93. The van der Waals surface area contributed by atoms with Gasteiger partial charge in [-0.15, -0.1) is 13.2 Å². The van der Waals surface area contributed by atoms with E-state index >= 15 is 0 Å². The van der Waals surface area contributed by atoms with Crippen LogP contribution in [0.25, 0.3) is 0 Å². The van der Waals surface area contributed by atoms with E-state index in [1.807, 2.05) is 0 Å². The Kier molecular flexibility index (Phi) is 45.2. The summed E-state index contributed by atoms with van der Waals surface area (Å²) in [7, 11) is 19.7. The van der Waals surface area contributed by atoms with Crippen molar-refractivity contribution in [3.63, 3.8) is 0 Å². The average molecular weight is 1090 g/mol. The van der Waals surface area contributed by atoms with Crippen LogP contribution >= 0.6 is 50.0 Å². The van der Waals surface area contributed by atoms with Crippen molar-refractivity contribution < 1.29 is 41.7 Å². The molecule has 7 heteroatoms. The molecule has 0 amide bonds. The fraction of sp³-hybridized carbons (Fsp3) is 0.837. The first kappa shape index (κ1) is 68.0. The Hall–Kier alpha value is 2.89. The molecule has 8 unspecified atom stereocenters. The van der Waals surface area contributed by atoms with Crippen molar-refractivity contribution in [2.45, 2.75) is 159 Å². The minimum atomic E-state index is -0.826. The van der Waals surface area contributed by atoms with Gasteiger partial charge in [0, 0.05) is 4.83 Å².